The van der Waals surface area contributed by atoms with Crippen molar-refractivity contribution in [1.82, 2.24) is 4.98 Å². The number of carbonyl (C=O) groups excluding carboxylic acids is 1. The molecule has 0 aliphatic carbocycles. The van der Waals surface area contributed by atoms with Crippen molar-refractivity contribution in [3.8, 4) is 11.3 Å². The van der Waals surface area contributed by atoms with E-state index in [1.807, 2.05) is 31.2 Å². The van der Waals surface area contributed by atoms with Crippen LogP contribution in [0.5, 0.6) is 0 Å². The third-order valence-electron chi connectivity index (χ3n) is 3.06. The standard InChI is InChI=1S/C15H19N3O2/c1-3-12(16)8-15(19)18-13-6-4-11(5-7-13)14-9-20-10(2)17-14/h4-7,9,12H,3,8,16H2,1-2H3,(H,18,19). The number of rotatable bonds is 5. The van der Waals surface area contributed by atoms with Gasteiger partial charge in [-0.25, -0.2) is 4.98 Å². The highest BCUT2D eigenvalue weighted by Crippen LogP contribution is 2.20. The Morgan fingerprint density at radius 1 is 1.40 bits per heavy atom. The van der Waals surface area contributed by atoms with Crippen molar-refractivity contribution >= 4 is 11.6 Å². The van der Waals surface area contributed by atoms with E-state index in [1.54, 1.807) is 13.2 Å². The first kappa shape index (κ1) is 14.3. The summed E-state index contributed by atoms with van der Waals surface area (Å²) in [4.78, 5) is 16.0. The van der Waals surface area contributed by atoms with Crippen molar-refractivity contribution in [3.63, 3.8) is 0 Å². The third-order valence-corrected chi connectivity index (χ3v) is 3.06. The van der Waals surface area contributed by atoms with Crippen LogP contribution >= 0.6 is 0 Å². The van der Waals surface area contributed by atoms with Crippen LogP contribution in [-0.4, -0.2) is 16.9 Å². The molecule has 0 fully saturated rings. The van der Waals surface area contributed by atoms with Gasteiger partial charge in [0.25, 0.3) is 0 Å². The molecule has 2 rings (SSSR count). The van der Waals surface area contributed by atoms with Gasteiger partial charge in [0, 0.05) is 30.6 Å². The lowest BCUT2D eigenvalue weighted by Crippen LogP contribution is -2.26. The van der Waals surface area contributed by atoms with Crippen LogP contribution in [0.1, 0.15) is 25.7 Å². The van der Waals surface area contributed by atoms with E-state index in [9.17, 15) is 4.79 Å². The van der Waals surface area contributed by atoms with E-state index in [2.05, 4.69) is 10.3 Å². The fourth-order valence-electron chi connectivity index (χ4n) is 1.81. The Bertz CT molecular complexity index is 575. The Morgan fingerprint density at radius 2 is 2.10 bits per heavy atom. The molecule has 0 aliphatic rings. The monoisotopic (exact) mass is 273 g/mol. The van der Waals surface area contributed by atoms with Crippen LogP contribution in [0.25, 0.3) is 11.3 Å². The summed E-state index contributed by atoms with van der Waals surface area (Å²) >= 11 is 0. The molecule has 5 heteroatoms. The van der Waals surface area contributed by atoms with E-state index in [4.69, 9.17) is 10.2 Å². The van der Waals surface area contributed by atoms with E-state index < -0.39 is 0 Å². The molecule has 1 aromatic carbocycles. The van der Waals surface area contributed by atoms with Gasteiger partial charge >= 0.3 is 0 Å². The molecule has 0 radical (unpaired) electrons. The number of anilines is 1. The van der Waals surface area contributed by atoms with Crippen LogP contribution in [0.2, 0.25) is 0 Å². The molecule has 1 atom stereocenters. The van der Waals surface area contributed by atoms with Gasteiger partial charge in [-0.15, -0.1) is 0 Å². The maximum atomic E-state index is 11.7. The summed E-state index contributed by atoms with van der Waals surface area (Å²) in [7, 11) is 0. The van der Waals surface area contributed by atoms with Gasteiger partial charge in [0.2, 0.25) is 5.91 Å². The fourth-order valence-corrected chi connectivity index (χ4v) is 1.81. The molecule has 3 N–H and O–H groups in total. The van der Waals surface area contributed by atoms with E-state index in [0.717, 1.165) is 23.4 Å². The number of hydrogen-bond donors (Lipinski definition) is 2. The molecule has 0 bridgehead atoms. The molecule has 106 valence electrons. The van der Waals surface area contributed by atoms with Crippen molar-refractivity contribution in [1.29, 1.82) is 0 Å². The SMILES string of the molecule is CCC(N)CC(=O)Nc1ccc(-c2coc(C)n2)cc1. The van der Waals surface area contributed by atoms with Crippen molar-refractivity contribution < 1.29 is 9.21 Å². The lowest BCUT2D eigenvalue weighted by atomic mass is 10.1. The molecule has 0 spiro atoms. The van der Waals surface area contributed by atoms with E-state index in [-0.39, 0.29) is 11.9 Å². The molecule has 5 nitrogen and oxygen atoms in total. The third kappa shape index (κ3) is 3.68. The summed E-state index contributed by atoms with van der Waals surface area (Å²) in [5.41, 5.74) is 8.24. The number of amides is 1. The molecule has 0 saturated heterocycles. The summed E-state index contributed by atoms with van der Waals surface area (Å²) in [6, 6.07) is 7.38. The van der Waals surface area contributed by atoms with Crippen LogP contribution in [-0.2, 0) is 4.79 Å². The second kappa shape index (κ2) is 6.34. The predicted octanol–water partition coefficient (Wildman–Crippen LogP) is 2.72. The maximum Gasteiger partial charge on any atom is 0.225 e. The minimum atomic E-state index is -0.0904. The number of nitrogens with one attached hydrogen (secondary N) is 1. The topological polar surface area (TPSA) is 81.2 Å². The van der Waals surface area contributed by atoms with Crippen LogP contribution in [0.3, 0.4) is 0 Å². The predicted molar refractivity (Wildman–Crippen MR) is 78.2 cm³/mol. The molecule has 0 aliphatic heterocycles. The molecular formula is C15H19N3O2. The van der Waals surface area contributed by atoms with Crippen molar-refractivity contribution in [2.75, 3.05) is 5.32 Å². The molecule has 20 heavy (non-hydrogen) atoms. The second-order valence-corrected chi connectivity index (χ2v) is 4.75. The van der Waals surface area contributed by atoms with Gasteiger partial charge in [0.05, 0.1) is 0 Å². The van der Waals surface area contributed by atoms with Crippen LogP contribution in [0, 0.1) is 6.92 Å². The van der Waals surface area contributed by atoms with Crippen LogP contribution in [0.4, 0.5) is 5.69 Å². The fraction of sp³-hybridized carbons (Fsp3) is 0.333. The van der Waals surface area contributed by atoms with E-state index >= 15 is 0 Å². The first-order chi connectivity index (χ1) is 9.58. The zero-order valence-electron chi connectivity index (χ0n) is 11.7. The summed E-state index contributed by atoms with van der Waals surface area (Å²) in [6.45, 7) is 3.77. The lowest BCUT2D eigenvalue weighted by Gasteiger charge is -2.09. The van der Waals surface area contributed by atoms with Crippen LogP contribution < -0.4 is 11.1 Å². The normalized spacial score (nSPS) is 12.2. The number of oxazole rings is 1. The number of carbonyl (C=O) groups is 1. The quantitative estimate of drug-likeness (QED) is 0.877. The van der Waals surface area contributed by atoms with Gasteiger partial charge in [0.15, 0.2) is 5.89 Å². The van der Waals surface area contributed by atoms with Gasteiger partial charge in [-0.05, 0) is 18.6 Å². The number of aryl methyl sites for hydroxylation is 1. The van der Waals surface area contributed by atoms with Gasteiger partial charge in [-0.1, -0.05) is 19.1 Å². The van der Waals surface area contributed by atoms with Crippen molar-refractivity contribution in [3.05, 3.63) is 36.4 Å². The smallest absolute Gasteiger partial charge is 0.225 e. The number of nitrogens with two attached hydrogens (primary N) is 1. The molecule has 1 aromatic heterocycles. The second-order valence-electron chi connectivity index (χ2n) is 4.75. The number of hydrogen-bond acceptors (Lipinski definition) is 4. The number of nitrogens with zero attached hydrogens (tertiary/aromatic N) is 1. The average Bonchev–Trinajstić information content (AvgIpc) is 2.86. The average molecular weight is 273 g/mol. The highest BCUT2D eigenvalue weighted by atomic mass is 16.3. The van der Waals surface area contributed by atoms with Gasteiger partial charge in [-0.2, -0.15) is 0 Å². The summed E-state index contributed by atoms with van der Waals surface area (Å²) < 4.78 is 5.18. The molecule has 1 unspecified atom stereocenters. The molecule has 0 saturated carbocycles. The Hall–Kier alpha value is -2.14. The van der Waals surface area contributed by atoms with E-state index in [1.165, 1.54) is 0 Å². The first-order valence-corrected chi connectivity index (χ1v) is 6.66. The largest absolute Gasteiger partial charge is 0.449 e. The summed E-state index contributed by atoms with van der Waals surface area (Å²) in [6.07, 6.45) is 2.74. The van der Waals surface area contributed by atoms with Gasteiger partial charge in [-0.3, -0.25) is 4.79 Å². The lowest BCUT2D eigenvalue weighted by molar-refractivity contribution is -0.116. The Labute approximate surface area is 118 Å². The zero-order chi connectivity index (χ0) is 14.5. The highest BCUT2D eigenvalue weighted by molar-refractivity contribution is 5.91. The molecule has 1 heterocycles. The summed E-state index contributed by atoms with van der Waals surface area (Å²) in [5, 5.41) is 2.83. The Balaban J connectivity index is 2.00. The van der Waals surface area contributed by atoms with Gasteiger partial charge in [0.1, 0.15) is 12.0 Å². The Kier molecular flexibility index (Phi) is 4.53. The number of aromatic nitrogens is 1. The Morgan fingerprint density at radius 3 is 2.65 bits per heavy atom. The summed E-state index contributed by atoms with van der Waals surface area (Å²) in [5.74, 6) is 0.565. The molecule has 2 aromatic rings. The number of benzene rings is 1. The van der Waals surface area contributed by atoms with Crippen molar-refractivity contribution in [2.24, 2.45) is 5.73 Å². The maximum absolute atomic E-state index is 11.7. The zero-order valence-corrected chi connectivity index (χ0v) is 11.7. The van der Waals surface area contributed by atoms with Crippen molar-refractivity contribution in [2.45, 2.75) is 32.7 Å². The minimum absolute atomic E-state index is 0.0654. The minimum Gasteiger partial charge on any atom is -0.449 e. The van der Waals surface area contributed by atoms with Crippen LogP contribution in [0.15, 0.2) is 34.9 Å². The first-order valence-electron chi connectivity index (χ1n) is 6.66. The molecule has 1 amide bonds. The molecular weight excluding hydrogens is 254 g/mol. The van der Waals surface area contributed by atoms with E-state index in [0.29, 0.717) is 12.3 Å². The van der Waals surface area contributed by atoms with Gasteiger partial charge < -0.3 is 15.5 Å². The highest BCUT2D eigenvalue weighted by Gasteiger charge is 2.08.